The van der Waals surface area contributed by atoms with Crippen LogP contribution in [0.1, 0.15) is 15.2 Å². The minimum absolute atomic E-state index is 0.0234. The largest absolute Gasteiger partial charge is 0.493 e. The van der Waals surface area contributed by atoms with Crippen molar-refractivity contribution in [3.05, 3.63) is 58.7 Å². The molecule has 0 radical (unpaired) electrons. The van der Waals surface area contributed by atoms with Gasteiger partial charge in [-0.05, 0) is 23.2 Å². The van der Waals surface area contributed by atoms with Crippen LogP contribution < -0.4 is 9.47 Å². The highest BCUT2D eigenvalue weighted by molar-refractivity contribution is 7.22. The Bertz CT molecular complexity index is 861. The number of benzene rings is 2. The van der Waals surface area contributed by atoms with Gasteiger partial charge in [-0.25, -0.2) is 4.39 Å². The first-order valence-electron chi connectivity index (χ1n) is 6.76. The lowest BCUT2D eigenvalue weighted by Crippen LogP contribution is -2.00. The van der Waals surface area contributed by atoms with E-state index in [4.69, 9.17) is 21.1 Å². The Morgan fingerprint density at radius 3 is 2.65 bits per heavy atom. The molecule has 0 saturated heterocycles. The fraction of sp³-hybridized carbons (Fsp3) is 0.118. The first-order valence-corrected chi connectivity index (χ1v) is 7.96. The minimum atomic E-state index is -0.615. The third kappa shape index (κ3) is 3.16. The van der Waals surface area contributed by atoms with Crippen molar-refractivity contribution in [2.75, 3.05) is 7.11 Å². The summed E-state index contributed by atoms with van der Waals surface area (Å²) in [7, 11) is 1.44. The average Bonchev–Trinajstić information content (AvgIpc) is 2.99. The third-order valence-electron chi connectivity index (χ3n) is 3.32. The summed E-state index contributed by atoms with van der Waals surface area (Å²) in [6.07, 6.45) is 0. The van der Waals surface area contributed by atoms with Crippen LogP contribution in [0.2, 0.25) is 0 Å². The molecule has 0 unspecified atom stereocenters. The predicted octanol–water partition coefficient (Wildman–Crippen LogP) is 5.01. The van der Waals surface area contributed by atoms with Gasteiger partial charge in [0.1, 0.15) is 6.61 Å². The molecule has 3 rings (SSSR count). The fourth-order valence-electron chi connectivity index (χ4n) is 2.21. The molecule has 0 saturated carbocycles. The maximum absolute atomic E-state index is 14.7. The Hall–Kier alpha value is -2.11. The van der Waals surface area contributed by atoms with E-state index in [1.54, 1.807) is 6.07 Å². The van der Waals surface area contributed by atoms with E-state index in [1.807, 2.05) is 30.3 Å². The number of carbonyl (C=O) groups is 1. The van der Waals surface area contributed by atoms with Crippen molar-refractivity contribution >= 4 is 38.3 Å². The average molecular weight is 351 g/mol. The van der Waals surface area contributed by atoms with Crippen molar-refractivity contribution in [1.82, 2.24) is 0 Å². The Labute approximate surface area is 141 Å². The van der Waals surface area contributed by atoms with Crippen LogP contribution in [-0.2, 0) is 6.61 Å². The third-order valence-corrected chi connectivity index (χ3v) is 4.72. The molecule has 0 aliphatic rings. The summed E-state index contributed by atoms with van der Waals surface area (Å²) in [5.74, 6) is -0.257. The summed E-state index contributed by atoms with van der Waals surface area (Å²) in [6, 6.07) is 12.5. The zero-order valence-electron chi connectivity index (χ0n) is 12.1. The van der Waals surface area contributed by atoms with Crippen molar-refractivity contribution in [2.45, 2.75) is 6.61 Å². The number of carbonyl (C=O) groups excluding carboxylic acids is 1. The summed E-state index contributed by atoms with van der Waals surface area (Å²) in [5, 5.41) is -0.320. The molecular weight excluding hydrogens is 339 g/mol. The van der Waals surface area contributed by atoms with Crippen LogP contribution in [-0.4, -0.2) is 12.4 Å². The van der Waals surface area contributed by atoms with Gasteiger partial charge < -0.3 is 9.47 Å². The molecule has 0 aliphatic heterocycles. The number of ether oxygens (including phenoxy) is 2. The molecule has 0 amide bonds. The Morgan fingerprint density at radius 2 is 2.00 bits per heavy atom. The van der Waals surface area contributed by atoms with E-state index < -0.39 is 11.1 Å². The van der Waals surface area contributed by atoms with Crippen molar-refractivity contribution in [3.63, 3.8) is 0 Å². The van der Waals surface area contributed by atoms with Crippen LogP contribution in [0.5, 0.6) is 11.5 Å². The lowest BCUT2D eigenvalue weighted by atomic mass is 10.2. The lowest BCUT2D eigenvalue weighted by molar-refractivity contribution is 0.108. The molecular formula is C17H12ClFO3S. The number of thiophene rings is 1. The molecule has 23 heavy (non-hydrogen) atoms. The second kappa shape index (κ2) is 6.56. The normalized spacial score (nSPS) is 10.7. The smallest absolute Gasteiger partial charge is 0.262 e. The second-order valence-electron chi connectivity index (χ2n) is 4.79. The maximum Gasteiger partial charge on any atom is 0.262 e. The topological polar surface area (TPSA) is 35.5 Å². The minimum Gasteiger partial charge on any atom is -0.493 e. The zero-order chi connectivity index (χ0) is 16.4. The standard InChI is InChI=1S/C17H12ClFO3S/c1-21-12-8-13-11(7-14(23-13)17(18)20)15(19)16(12)22-9-10-5-3-2-4-6-10/h2-8H,9H2,1H3. The summed E-state index contributed by atoms with van der Waals surface area (Å²) in [4.78, 5) is 11.5. The summed E-state index contributed by atoms with van der Waals surface area (Å²) >= 11 is 6.58. The summed E-state index contributed by atoms with van der Waals surface area (Å²) < 4.78 is 26.1. The monoisotopic (exact) mass is 350 g/mol. The second-order valence-corrected chi connectivity index (χ2v) is 6.22. The molecule has 0 spiro atoms. The molecule has 2 aromatic carbocycles. The van der Waals surface area contributed by atoms with Crippen LogP contribution in [0.25, 0.3) is 10.1 Å². The summed E-state index contributed by atoms with van der Waals surface area (Å²) in [6.45, 7) is 0.213. The number of rotatable bonds is 5. The Balaban J connectivity index is 2.01. The SMILES string of the molecule is COc1cc2sc(C(=O)Cl)cc2c(F)c1OCc1ccccc1. The van der Waals surface area contributed by atoms with Crippen LogP contribution in [0.15, 0.2) is 42.5 Å². The first kappa shape index (κ1) is 15.8. The van der Waals surface area contributed by atoms with Gasteiger partial charge >= 0.3 is 0 Å². The van der Waals surface area contributed by atoms with Gasteiger partial charge in [-0.15, -0.1) is 11.3 Å². The fourth-order valence-corrected chi connectivity index (χ4v) is 3.30. The molecule has 3 nitrogen and oxygen atoms in total. The molecule has 1 aromatic heterocycles. The van der Waals surface area contributed by atoms with E-state index in [2.05, 4.69) is 0 Å². The van der Waals surface area contributed by atoms with Crippen molar-refractivity contribution in [3.8, 4) is 11.5 Å². The quantitative estimate of drug-likeness (QED) is 0.607. The van der Waals surface area contributed by atoms with Crippen molar-refractivity contribution in [1.29, 1.82) is 0 Å². The first-order chi connectivity index (χ1) is 11.1. The lowest BCUT2D eigenvalue weighted by Gasteiger charge is -2.12. The van der Waals surface area contributed by atoms with E-state index in [0.717, 1.165) is 16.9 Å². The van der Waals surface area contributed by atoms with Gasteiger partial charge in [-0.1, -0.05) is 30.3 Å². The van der Waals surface area contributed by atoms with E-state index in [-0.39, 0.29) is 23.0 Å². The van der Waals surface area contributed by atoms with Gasteiger partial charge in [0.2, 0.25) is 0 Å². The van der Waals surface area contributed by atoms with E-state index in [1.165, 1.54) is 13.2 Å². The molecule has 0 N–H and O–H groups in total. The van der Waals surface area contributed by atoms with Gasteiger partial charge in [0.25, 0.3) is 5.24 Å². The van der Waals surface area contributed by atoms with Crippen LogP contribution in [0.4, 0.5) is 4.39 Å². The highest BCUT2D eigenvalue weighted by atomic mass is 35.5. The number of hydrogen-bond donors (Lipinski definition) is 0. The number of halogens is 2. The highest BCUT2D eigenvalue weighted by Crippen LogP contribution is 2.40. The number of methoxy groups -OCH3 is 1. The summed E-state index contributed by atoms with van der Waals surface area (Å²) in [5.41, 5.74) is 0.913. The zero-order valence-corrected chi connectivity index (χ0v) is 13.7. The molecule has 0 atom stereocenters. The van der Waals surface area contributed by atoms with Crippen molar-refractivity contribution in [2.24, 2.45) is 0 Å². The van der Waals surface area contributed by atoms with Crippen molar-refractivity contribution < 1.29 is 18.7 Å². The molecule has 0 aliphatic carbocycles. The number of hydrogen-bond acceptors (Lipinski definition) is 4. The molecule has 3 aromatic rings. The molecule has 1 heterocycles. The van der Waals surface area contributed by atoms with Gasteiger partial charge in [-0.2, -0.15) is 0 Å². The maximum atomic E-state index is 14.7. The van der Waals surface area contributed by atoms with Gasteiger partial charge in [-0.3, -0.25) is 4.79 Å². The molecule has 0 bridgehead atoms. The Kier molecular flexibility index (Phi) is 4.50. The highest BCUT2D eigenvalue weighted by Gasteiger charge is 2.19. The number of fused-ring (bicyclic) bond motifs is 1. The molecule has 0 fully saturated rings. The van der Waals surface area contributed by atoms with E-state index >= 15 is 0 Å². The van der Waals surface area contributed by atoms with E-state index in [9.17, 15) is 9.18 Å². The Morgan fingerprint density at radius 1 is 1.26 bits per heavy atom. The van der Waals surface area contributed by atoms with Gasteiger partial charge in [0.15, 0.2) is 17.3 Å². The van der Waals surface area contributed by atoms with Gasteiger partial charge in [0, 0.05) is 16.2 Å². The molecule has 118 valence electrons. The van der Waals surface area contributed by atoms with Crippen LogP contribution in [0.3, 0.4) is 0 Å². The van der Waals surface area contributed by atoms with Gasteiger partial charge in [0.05, 0.1) is 12.0 Å². The molecule has 6 heteroatoms. The van der Waals surface area contributed by atoms with E-state index in [0.29, 0.717) is 10.1 Å². The van der Waals surface area contributed by atoms with Crippen LogP contribution in [0, 0.1) is 5.82 Å². The predicted molar refractivity (Wildman–Crippen MR) is 89.3 cm³/mol. The van der Waals surface area contributed by atoms with Crippen LogP contribution >= 0.6 is 22.9 Å².